The zero-order valence-electron chi connectivity index (χ0n) is 9.48. The second-order valence-electron chi connectivity index (χ2n) is 3.55. The fourth-order valence-corrected chi connectivity index (χ4v) is 1.97. The summed E-state index contributed by atoms with van der Waals surface area (Å²) in [4.78, 5) is 14.4. The first kappa shape index (κ1) is 13.5. The molecule has 0 bridgehead atoms. The lowest BCUT2D eigenvalue weighted by molar-refractivity contribution is 0.0952. The molecule has 0 saturated heterocycles. The molecule has 17 heavy (non-hydrogen) atoms. The smallest absolute Gasteiger partial charge is 0.252 e. The van der Waals surface area contributed by atoms with Gasteiger partial charge in [-0.2, -0.15) is 0 Å². The van der Waals surface area contributed by atoms with Crippen LogP contribution in [0.4, 0.5) is 0 Å². The Kier molecular flexibility index (Phi) is 5.52. The van der Waals surface area contributed by atoms with Crippen LogP contribution in [0, 0.1) is 6.92 Å². The summed E-state index contributed by atoms with van der Waals surface area (Å²) in [5.41, 5.74) is 9.78. The Bertz CT molecular complexity index is 455. The van der Waals surface area contributed by atoms with E-state index in [-0.39, 0.29) is 5.91 Å². The second kappa shape index (κ2) is 6.93. The van der Waals surface area contributed by atoms with Crippen molar-refractivity contribution in [2.75, 3.05) is 13.1 Å². The highest BCUT2D eigenvalue weighted by Crippen LogP contribution is 2.18. The van der Waals surface area contributed by atoms with Crippen molar-refractivity contribution >= 4 is 21.8 Å². The van der Waals surface area contributed by atoms with Crippen LogP contribution in [0.2, 0.25) is 0 Å². The third-order valence-corrected chi connectivity index (χ3v) is 2.81. The van der Waals surface area contributed by atoms with Gasteiger partial charge in [0.05, 0.1) is 5.56 Å². The van der Waals surface area contributed by atoms with Crippen molar-refractivity contribution in [2.24, 2.45) is 5.11 Å². The van der Waals surface area contributed by atoms with Gasteiger partial charge in [-0.15, -0.1) is 0 Å². The van der Waals surface area contributed by atoms with Crippen LogP contribution in [0.15, 0.2) is 27.8 Å². The molecule has 0 aromatic heterocycles. The van der Waals surface area contributed by atoms with Crippen molar-refractivity contribution in [3.63, 3.8) is 0 Å². The number of hydrogen-bond donors (Lipinski definition) is 1. The molecule has 1 rings (SSSR count). The van der Waals surface area contributed by atoms with E-state index >= 15 is 0 Å². The van der Waals surface area contributed by atoms with Gasteiger partial charge in [0.1, 0.15) is 0 Å². The minimum atomic E-state index is -0.127. The number of benzene rings is 1. The van der Waals surface area contributed by atoms with Crippen LogP contribution in [0.25, 0.3) is 10.4 Å². The van der Waals surface area contributed by atoms with Crippen molar-refractivity contribution in [3.05, 3.63) is 44.2 Å². The van der Waals surface area contributed by atoms with Gasteiger partial charge >= 0.3 is 0 Å². The summed E-state index contributed by atoms with van der Waals surface area (Å²) in [5.74, 6) is -0.127. The van der Waals surface area contributed by atoms with E-state index in [9.17, 15) is 4.79 Å². The van der Waals surface area contributed by atoms with Gasteiger partial charge in [-0.05, 0) is 52.5 Å². The molecule has 0 atom stereocenters. The zero-order chi connectivity index (χ0) is 12.7. The first-order chi connectivity index (χ1) is 8.15. The monoisotopic (exact) mass is 296 g/mol. The summed E-state index contributed by atoms with van der Waals surface area (Å²) in [6, 6.07) is 5.57. The minimum Gasteiger partial charge on any atom is -0.352 e. The van der Waals surface area contributed by atoms with E-state index in [1.807, 2.05) is 19.1 Å². The molecule has 6 heteroatoms. The fourth-order valence-electron chi connectivity index (χ4n) is 1.30. The van der Waals surface area contributed by atoms with Crippen molar-refractivity contribution in [2.45, 2.75) is 13.3 Å². The molecule has 90 valence electrons. The van der Waals surface area contributed by atoms with Gasteiger partial charge in [0, 0.05) is 22.5 Å². The fraction of sp³-hybridized carbons (Fsp3) is 0.364. The number of amides is 1. The van der Waals surface area contributed by atoms with Gasteiger partial charge in [-0.1, -0.05) is 11.2 Å². The number of halogens is 1. The Morgan fingerprint density at radius 3 is 3.00 bits per heavy atom. The number of nitrogens with one attached hydrogen (secondary N) is 1. The number of rotatable bonds is 5. The molecule has 0 aliphatic heterocycles. The molecule has 1 amide bonds. The van der Waals surface area contributed by atoms with Gasteiger partial charge in [0.25, 0.3) is 5.91 Å². The quantitative estimate of drug-likeness (QED) is 0.385. The van der Waals surface area contributed by atoms with E-state index in [1.165, 1.54) is 0 Å². The standard InChI is InChI=1S/C11H13BrN4O/c1-8-3-4-9(10(12)7-8)11(17)14-5-2-6-15-16-13/h3-4,7H,2,5-6H2,1H3,(H,14,17). The zero-order valence-corrected chi connectivity index (χ0v) is 11.1. The topological polar surface area (TPSA) is 77.9 Å². The average molecular weight is 297 g/mol. The van der Waals surface area contributed by atoms with Crippen LogP contribution in [-0.2, 0) is 0 Å². The molecule has 1 aromatic rings. The first-order valence-electron chi connectivity index (χ1n) is 5.20. The average Bonchev–Trinajstić information content (AvgIpc) is 2.28. The van der Waals surface area contributed by atoms with Gasteiger partial charge in [-0.3, -0.25) is 4.79 Å². The molecule has 0 aliphatic rings. The second-order valence-corrected chi connectivity index (χ2v) is 4.40. The van der Waals surface area contributed by atoms with Gasteiger partial charge < -0.3 is 5.32 Å². The molecule has 1 N–H and O–H groups in total. The third-order valence-electron chi connectivity index (χ3n) is 2.15. The van der Waals surface area contributed by atoms with Crippen LogP contribution in [0.3, 0.4) is 0 Å². The highest BCUT2D eigenvalue weighted by Gasteiger charge is 2.08. The highest BCUT2D eigenvalue weighted by molar-refractivity contribution is 9.10. The lowest BCUT2D eigenvalue weighted by atomic mass is 10.1. The first-order valence-corrected chi connectivity index (χ1v) is 5.99. The summed E-state index contributed by atoms with van der Waals surface area (Å²) >= 11 is 3.35. The summed E-state index contributed by atoms with van der Waals surface area (Å²) in [5, 5.41) is 6.16. The van der Waals surface area contributed by atoms with Crippen molar-refractivity contribution in [3.8, 4) is 0 Å². The van der Waals surface area contributed by atoms with Gasteiger partial charge in [0.2, 0.25) is 0 Å². The van der Waals surface area contributed by atoms with Crippen LogP contribution in [0.1, 0.15) is 22.3 Å². The van der Waals surface area contributed by atoms with Gasteiger partial charge in [0.15, 0.2) is 0 Å². The van der Waals surface area contributed by atoms with E-state index in [0.29, 0.717) is 25.1 Å². The normalized spacial score (nSPS) is 9.53. The lowest BCUT2D eigenvalue weighted by Gasteiger charge is -2.06. The predicted molar refractivity (Wildman–Crippen MR) is 69.8 cm³/mol. The van der Waals surface area contributed by atoms with Crippen LogP contribution in [0.5, 0.6) is 0 Å². The molecule has 0 spiro atoms. The lowest BCUT2D eigenvalue weighted by Crippen LogP contribution is -2.25. The van der Waals surface area contributed by atoms with E-state index in [1.54, 1.807) is 6.07 Å². The summed E-state index contributed by atoms with van der Waals surface area (Å²) < 4.78 is 0.782. The maximum Gasteiger partial charge on any atom is 0.252 e. The van der Waals surface area contributed by atoms with Crippen LogP contribution in [-0.4, -0.2) is 19.0 Å². The molecule has 1 aromatic carbocycles. The Morgan fingerprint density at radius 2 is 2.35 bits per heavy atom. The maximum absolute atomic E-state index is 11.8. The SMILES string of the molecule is Cc1ccc(C(=O)NCCCN=[N+]=[N-])c(Br)c1. The number of carbonyl (C=O) groups is 1. The number of carbonyl (C=O) groups excluding carboxylic acids is 1. The molecule has 0 radical (unpaired) electrons. The Hall–Kier alpha value is -1.52. The molecule has 0 aliphatic carbocycles. The van der Waals surface area contributed by atoms with E-state index in [0.717, 1.165) is 10.0 Å². The summed E-state index contributed by atoms with van der Waals surface area (Å²) in [7, 11) is 0. The Labute approximate surface area is 108 Å². The molecule has 0 unspecified atom stereocenters. The van der Waals surface area contributed by atoms with Crippen molar-refractivity contribution < 1.29 is 4.79 Å². The summed E-state index contributed by atoms with van der Waals surface area (Å²) in [6.45, 7) is 2.86. The number of nitrogens with zero attached hydrogens (tertiary/aromatic N) is 3. The molecule has 0 heterocycles. The van der Waals surface area contributed by atoms with E-state index in [2.05, 4.69) is 31.3 Å². The summed E-state index contributed by atoms with van der Waals surface area (Å²) in [6.07, 6.45) is 0.638. The van der Waals surface area contributed by atoms with Gasteiger partial charge in [-0.25, -0.2) is 0 Å². The molecule has 0 saturated carbocycles. The molecular formula is C11H13BrN4O. The number of hydrogen-bond acceptors (Lipinski definition) is 2. The largest absolute Gasteiger partial charge is 0.352 e. The van der Waals surface area contributed by atoms with E-state index in [4.69, 9.17) is 5.53 Å². The van der Waals surface area contributed by atoms with Crippen LogP contribution >= 0.6 is 15.9 Å². The minimum absolute atomic E-state index is 0.127. The maximum atomic E-state index is 11.8. The Morgan fingerprint density at radius 1 is 1.59 bits per heavy atom. The molecular weight excluding hydrogens is 284 g/mol. The highest BCUT2D eigenvalue weighted by atomic mass is 79.9. The predicted octanol–water partition coefficient (Wildman–Crippen LogP) is 3.19. The van der Waals surface area contributed by atoms with Crippen molar-refractivity contribution in [1.29, 1.82) is 0 Å². The molecule has 0 fully saturated rings. The van der Waals surface area contributed by atoms with E-state index < -0.39 is 0 Å². The third kappa shape index (κ3) is 4.46. The van der Waals surface area contributed by atoms with Crippen molar-refractivity contribution in [1.82, 2.24) is 5.32 Å². The number of aryl methyl sites for hydroxylation is 1. The molecule has 5 nitrogen and oxygen atoms in total. The Balaban J connectivity index is 2.49. The van der Waals surface area contributed by atoms with Crippen LogP contribution < -0.4 is 5.32 Å². The number of azide groups is 1.